The lowest BCUT2D eigenvalue weighted by Crippen LogP contribution is -2.54. The topological polar surface area (TPSA) is 57.3 Å². The first-order chi connectivity index (χ1) is 9.65. The van der Waals surface area contributed by atoms with Gasteiger partial charge in [-0.25, -0.2) is 4.98 Å². The van der Waals surface area contributed by atoms with Crippen molar-refractivity contribution in [2.45, 2.75) is 32.9 Å². The maximum atomic E-state index is 11.9. The van der Waals surface area contributed by atoms with Crippen LogP contribution in [-0.4, -0.2) is 41.5 Å². The van der Waals surface area contributed by atoms with Gasteiger partial charge in [0.25, 0.3) is 0 Å². The summed E-state index contributed by atoms with van der Waals surface area (Å²) in [4.78, 5) is 18.5. The standard InChI is InChI=1S/C14H21ClN4O/c1-3-12-14(20)17-7-8-19(12)9-11-10(15)5-6-13(18-11)16-4-2/h5-6,12H,3-4,7-9H2,1-2H3,(H,16,18)(H,17,20). The average molecular weight is 297 g/mol. The lowest BCUT2D eigenvalue weighted by Gasteiger charge is -2.34. The van der Waals surface area contributed by atoms with Crippen LogP contribution in [0.1, 0.15) is 26.0 Å². The summed E-state index contributed by atoms with van der Waals surface area (Å²) in [6.45, 7) is 6.97. The van der Waals surface area contributed by atoms with Gasteiger partial charge in [-0.3, -0.25) is 9.69 Å². The van der Waals surface area contributed by atoms with E-state index in [-0.39, 0.29) is 11.9 Å². The predicted molar refractivity (Wildman–Crippen MR) is 80.9 cm³/mol. The molecule has 20 heavy (non-hydrogen) atoms. The quantitative estimate of drug-likeness (QED) is 0.871. The van der Waals surface area contributed by atoms with Crippen molar-refractivity contribution in [1.29, 1.82) is 0 Å². The molecule has 0 radical (unpaired) electrons. The lowest BCUT2D eigenvalue weighted by molar-refractivity contribution is -0.129. The second kappa shape index (κ2) is 6.90. The highest BCUT2D eigenvalue weighted by Gasteiger charge is 2.28. The molecule has 1 aromatic rings. The van der Waals surface area contributed by atoms with Gasteiger partial charge in [0.1, 0.15) is 5.82 Å². The van der Waals surface area contributed by atoms with Gasteiger partial charge in [-0.2, -0.15) is 0 Å². The van der Waals surface area contributed by atoms with E-state index in [9.17, 15) is 4.79 Å². The molecule has 1 unspecified atom stereocenters. The van der Waals surface area contributed by atoms with Crippen molar-refractivity contribution in [2.24, 2.45) is 0 Å². The number of nitrogens with one attached hydrogen (secondary N) is 2. The number of carbonyl (C=O) groups excluding carboxylic acids is 1. The first kappa shape index (κ1) is 15.1. The molecule has 1 atom stereocenters. The minimum Gasteiger partial charge on any atom is -0.370 e. The van der Waals surface area contributed by atoms with E-state index >= 15 is 0 Å². The zero-order valence-electron chi connectivity index (χ0n) is 11.9. The molecular weight excluding hydrogens is 276 g/mol. The molecule has 2 heterocycles. The largest absolute Gasteiger partial charge is 0.370 e. The van der Waals surface area contributed by atoms with Gasteiger partial charge in [-0.15, -0.1) is 0 Å². The Hall–Kier alpha value is -1.33. The van der Waals surface area contributed by atoms with Crippen molar-refractivity contribution in [1.82, 2.24) is 15.2 Å². The summed E-state index contributed by atoms with van der Waals surface area (Å²) in [5, 5.41) is 6.72. The highest BCUT2D eigenvalue weighted by molar-refractivity contribution is 6.31. The van der Waals surface area contributed by atoms with E-state index in [1.807, 2.05) is 26.0 Å². The molecule has 2 rings (SSSR count). The van der Waals surface area contributed by atoms with Crippen molar-refractivity contribution in [3.63, 3.8) is 0 Å². The van der Waals surface area contributed by atoms with Crippen molar-refractivity contribution >= 4 is 23.3 Å². The first-order valence-electron chi connectivity index (χ1n) is 7.06. The molecule has 1 fully saturated rings. The molecule has 0 aromatic carbocycles. The molecule has 110 valence electrons. The summed E-state index contributed by atoms with van der Waals surface area (Å²) in [6, 6.07) is 3.63. The maximum absolute atomic E-state index is 11.9. The van der Waals surface area contributed by atoms with E-state index in [0.29, 0.717) is 18.1 Å². The van der Waals surface area contributed by atoms with Gasteiger partial charge < -0.3 is 10.6 Å². The third-order valence-corrected chi connectivity index (χ3v) is 3.80. The van der Waals surface area contributed by atoms with Gasteiger partial charge in [0.2, 0.25) is 5.91 Å². The molecule has 0 saturated carbocycles. The van der Waals surface area contributed by atoms with Gasteiger partial charge in [0.15, 0.2) is 0 Å². The Morgan fingerprint density at radius 1 is 1.50 bits per heavy atom. The number of hydrogen-bond acceptors (Lipinski definition) is 4. The van der Waals surface area contributed by atoms with E-state index in [1.54, 1.807) is 0 Å². The number of hydrogen-bond donors (Lipinski definition) is 2. The van der Waals surface area contributed by atoms with Crippen molar-refractivity contribution < 1.29 is 4.79 Å². The number of anilines is 1. The van der Waals surface area contributed by atoms with E-state index in [0.717, 1.165) is 31.0 Å². The van der Waals surface area contributed by atoms with Crippen LogP contribution in [-0.2, 0) is 11.3 Å². The highest BCUT2D eigenvalue weighted by atomic mass is 35.5. The summed E-state index contributed by atoms with van der Waals surface area (Å²) in [6.07, 6.45) is 0.788. The van der Waals surface area contributed by atoms with Gasteiger partial charge in [-0.1, -0.05) is 18.5 Å². The molecule has 0 aliphatic carbocycles. The summed E-state index contributed by atoms with van der Waals surface area (Å²) >= 11 is 6.23. The van der Waals surface area contributed by atoms with Crippen LogP contribution >= 0.6 is 11.6 Å². The molecule has 5 nitrogen and oxygen atoms in total. The van der Waals surface area contributed by atoms with E-state index in [2.05, 4.69) is 20.5 Å². The fraction of sp³-hybridized carbons (Fsp3) is 0.571. The molecule has 1 saturated heterocycles. The third-order valence-electron chi connectivity index (χ3n) is 3.46. The smallest absolute Gasteiger partial charge is 0.237 e. The molecule has 0 spiro atoms. The Morgan fingerprint density at radius 2 is 2.30 bits per heavy atom. The van der Waals surface area contributed by atoms with Crippen LogP contribution in [0.25, 0.3) is 0 Å². The van der Waals surface area contributed by atoms with E-state index in [1.165, 1.54) is 0 Å². The Bertz CT molecular complexity index is 480. The van der Waals surface area contributed by atoms with Crippen molar-refractivity contribution in [2.75, 3.05) is 25.0 Å². The minimum atomic E-state index is -0.0931. The Kier molecular flexibility index (Phi) is 5.20. The molecule has 1 aliphatic heterocycles. The van der Waals surface area contributed by atoms with Crippen LogP contribution < -0.4 is 10.6 Å². The number of amides is 1. The summed E-state index contributed by atoms with van der Waals surface area (Å²) in [5.41, 5.74) is 0.818. The van der Waals surface area contributed by atoms with Crippen LogP contribution in [0.4, 0.5) is 5.82 Å². The maximum Gasteiger partial charge on any atom is 0.237 e. The third kappa shape index (κ3) is 3.41. The number of pyridine rings is 1. The monoisotopic (exact) mass is 296 g/mol. The van der Waals surface area contributed by atoms with Crippen LogP contribution in [0, 0.1) is 0 Å². The molecular formula is C14H21ClN4O. The Morgan fingerprint density at radius 3 is 3.00 bits per heavy atom. The summed E-state index contributed by atoms with van der Waals surface area (Å²) < 4.78 is 0. The number of rotatable bonds is 5. The molecule has 1 aromatic heterocycles. The Balaban J connectivity index is 2.15. The molecule has 2 N–H and O–H groups in total. The van der Waals surface area contributed by atoms with E-state index in [4.69, 9.17) is 11.6 Å². The van der Waals surface area contributed by atoms with Crippen LogP contribution in [0.2, 0.25) is 5.02 Å². The number of aromatic nitrogens is 1. The fourth-order valence-electron chi connectivity index (χ4n) is 2.46. The number of nitrogens with zero attached hydrogens (tertiary/aromatic N) is 2. The summed E-state index contributed by atoms with van der Waals surface area (Å²) in [5.74, 6) is 0.916. The number of halogens is 1. The zero-order valence-corrected chi connectivity index (χ0v) is 12.7. The predicted octanol–water partition coefficient (Wildman–Crippen LogP) is 1.88. The van der Waals surface area contributed by atoms with E-state index < -0.39 is 0 Å². The highest BCUT2D eigenvalue weighted by Crippen LogP contribution is 2.20. The van der Waals surface area contributed by atoms with Gasteiger partial charge in [0, 0.05) is 26.2 Å². The number of carbonyl (C=O) groups is 1. The molecule has 1 amide bonds. The molecule has 0 bridgehead atoms. The van der Waals surface area contributed by atoms with Crippen molar-refractivity contribution in [3.05, 3.63) is 22.8 Å². The SMILES string of the molecule is CCNc1ccc(Cl)c(CN2CCNC(=O)C2CC)n1. The lowest BCUT2D eigenvalue weighted by atomic mass is 10.1. The van der Waals surface area contributed by atoms with Crippen molar-refractivity contribution in [3.8, 4) is 0 Å². The minimum absolute atomic E-state index is 0.0931. The fourth-order valence-corrected chi connectivity index (χ4v) is 2.63. The van der Waals surface area contributed by atoms with Crippen LogP contribution in [0.5, 0.6) is 0 Å². The second-order valence-corrected chi connectivity index (χ2v) is 5.25. The second-order valence-electron chi connectivity index (χ2n) is 4.84. The number of piperazine rings is 1. The summed E-state index contributed by atoms with van der Waals surface area (Å²) in [7, 11) is 0. The van der Waals surface area contributed by atoms with Gasteiger partial charge >= 0.3 is 0 Å². The Labute approximate surface area is 124 Å². The normalized spacial score (nSPS) is 19.8. The van der Waals surface area contributed by atoms with Crippen LogP contribution in [0.3, 0.4) is 0 Å². The zero-order chi connectivity index (χ0) is 14.5. The average Bonchev–Trinajstić information content (AvgIpc) is 2.43. The van der Waals surface area contributed by atoms with Gasteiger partial charge in [0.05, 0.1) is 16.8 Å². The van der Waals surface area contributed by atoms with Gasteiger partial charge in [-0.05, 0) is 25.5 Å². The molecule has 6 heteroatoms. The first-order valence-corrected chi connectivity index (χ1v) is 7.44. The molecule has 1 aliphatic rings. The van der Waals surface area contributed by atoms with Crippen LogP contribution in [0.15, 0.2) is 12.1 Å².